The van der Waals surface area contributed by atoms with E-state index in [4.69, 9.17) is 33.2 Å². The largest absolute Gasteiger partial charge is 0.445 e. The second kappa shape index (κ2) is 28.0. The molecule has 0 spiro atoms. The van der Waals surface area contributed by atoms with Crippen LogP contribution in [0.5, 0.6) is 0 Å². The lowest BCUT2D eigenvalue weighted by atomic mass is 10.0. The van der Waals surface area contributed by atoms with Crippen molar-refractivity contribution in [1.29, 1.82) is 0 Å². The molecule has 2 heterocycles. The highest BCUT2D eigenvalue weighted by Crippen LogP contribution is 2.12. The first-order valence-corrected chi connectivity index (χ1v) is 19.6. The maximum atomic E-state index is 12.8. The van der Waals surface area contributed by atoms with Crippen LogP contribution in [0.25, 0.3) is 0 Å². The van der Waals surface area contributed by atoms with Gasteiger partial charge in [0.25, 0.3) is 11.8 Å². The molecule has 2 aliphatic rings. The predicted octanol–water partition coefficient (Wildman–Crippen LogP) is 0.181. The minimum Gasteiger partial charge on any atom is -0.445 e. The molecule has 19 heteroatoms. The lowest BCUT2D eigenvalue weighted by Gasteiger charge is -2.31. The van der Waals surface area contributed by atoms with Crippen LogP contribution in [0.15, 0.2) is 36.4 Å². The molecule has 6 amide bonds. The molecule has 1 atom stereocenters. The van der Waals surface area contributed by atoms with Crippen LogP contribution in [0, 0.1) is 5.92 Å². The molecule has 2 aliphatic heterocycles. The van der Waals surface area contributed by atoms with Crippen LogP contribution in [0.3, 0.4) is 0 Å². The van der Waals surface area contributed by atoms with E-state index in [1.807, 2.05) is 7.05 Å². The van der Waals surface area contributed by atoms with Gasteiger partial charge >= 0.3 is 6.09 Å². The number of carbonyl (C=O) groups excluding carboxylic acids is 6. The summed E-state index contributed by atoms with van der Waals surface area (Å²) in [5, 5.41) is 8.02. The first kappa shape index (κ1) is 47.9. The lowest BCUT2D eigenvalue weighted by Crippen LogP contribution is -2.51. The topological polar surface area (TPSA) is 213 Å². The fourth-order valence-electron chi connectivity index (χ4n) is 5.35. The first-order valence-electron chi connectivity index (χ1n) is 19.6. The third-order valence-electron chi connectivity index (χ3n) is 8.74. The molecule has 19 nitrogen and oxygen atoms in total. The van der Waals surface area contributed by atoms with Gasteiger partial charge in [-0.3, -0.25) is 28.9 Å². The molecule has 1 aromatic carbocycles. The van der Waals surface area contributed by atoms with Gasteiger partial charge in [0, 0.05) is 50.4 Å². The number of piperazine rings is 1. The number of nitrogens with one attached hydrogen (secondary N) is 3. The number of imide groups is 1. The Bertz CT molecular complexity index is 1440. The highest BCUT2D eigenvalue weighted by Gasteiger charge is 2.25. The van der Waals surface area contributed by atoms with Crippen LogP contribution in [-0.4, -0.2) is 182 Å². The van der Waals surface area contributed by atoms with Gasteiger partial charge in [-0.05, 0) is 30.7 Å². The molecule has 0 radical (unpaired) electrons. The number of benzene rings is 1. The Labute approximate surface area is 339 Å². The summed E-state index contributed by atoms with van der Waals surface area (Å²) in [5.41, 5.74) is 1.29. The van der Waals surface area contributed by atoms with Crippen LogP contribution >= 0.6 is 0 Å². The maximum absolute atomic E-state index is 12.8. The molecule has 1 fully saturated rings. The molecule has 0 bridgehead atoms. The average Bonchev–Trinajstić information content (AvgIpc) is 3.53. The predicted molar refractivity (Wildman–Crippen MR) is 209 cm³/mol. The van der Waals surface area contributed by atoms with Gasteiger partial charge in [-0.15, -0.1) is 0 Å². The molecule has 58 heavy (non-hydrogen) atoms. The van der Waals surface area contributed by atoms with E-state index >= 15 is 0 Å². The Hall–Kier alpha value is -4.50. The number of ether oxygens (including phenoxy) is 7. The summed E-state index contributed by atoms with van der Waals surface area (Å²) in [5.74, 6) is -2.15. The van der Waals surface area contributed by atoms with E-state index in [-0.39, 0.29) is 75.7 Å². The number of nitrogens with zero attached hydrogens (tertiary/aromatic N) is 3. The molecule has 0 saturated carbocycles. The van der Waals surface area contributed by atoms with E-state index < -0.39 is 17.9 Å². The Kier molecular flexibility index (Phi) is 23.1. The molecular formula is C39H60N6O13. The quantitative estimate of drug-likeness (QED) is 0.0728. The van der Waals surface area contributed by atoms with Gasteiger partial charge < -0.3 is 58.9 Å². The van der Waals surface area contributed by atoms with Crippen molar-refractivity contribution in [2.75, 3.05) is 131 Å². The maximum Gasteiger partial charge on any atom is 0.410 e. The van der Waals surface area contributed by atoms with Crippen molar-refractivity contribution in [2.45, 2.75) is 32.9 Å². The summed E-state index contributed by atoms with van der Waals surface area (Å²) in [7, 11) is 2.01. The second-order valence-electron chi connectivity index (χ2n) is 13.7. The minimum absolute atomic E-state index is 0.0489. The van der Waals surface area contributed by atoms with Crippen molar-refractivity contribution in [2.24, 2.45) is 5.92 Å². The Morgan fingerprint density at radius 2 is 1.17 bits per heavy atom. The van der Waals surface area contributed by atoms with Crippen molar-refractivity contribution < 1.29 is 61.9 Å². The van der Waals surface area contributed by atoms with E-state index in [9.17, 15) is 28.8 Å². The standard InChI is InChI=1S/C39H60N6O13/c1-30(2)37(38(50)40-28-34(47)41-32-6-4-31(5-7-32)29-58-39(51)44-13-11-43(3)12-14-44)42-33(46)10-16-52-18-20-54-22-24-56-26-27-57-25-23-55-21-19-53-17-15-45-35(48)8-9-36(45)49/h4-9,30,37H,10-29H2,1-3H3,(H,40,50)(H,41,47)(H,42,46). The number of carbonyl (C=O) groups is 6. The molecule has 3 rings (SSSR count). The number of rotatable bonds is 29. The average molecular weight is 821 g/mol. The van der Waals surface area contributed by atoms with Crippen LogP contribution < -0.4 is 16.0 Å². The summed E-state index contributed by atoms with van der Waals surface area (Å²) in [6.07, 6.45) is 2.18. The number of anilines is 1. The van der Waals surface area contributed by atoms with E-state index in [1.165, 1.54) is 12.2 Å². The number of likely N-dealkylation sites (N-methyl/N-ethyl adjacent to an activating group) is 1. The molecule has 1 aromatic rings. The third kappa shape index (κ3) is 19.8. The van der Waals surface area contributed by atoms with Crippen LogP contribution in [0.2, 0.25) is 0 Å². The van der Waals surface area contributed by atoms with Crippen LogP contribution in [0.1, 0.15) is 25.8 Å². The van der Waals surface area contributed by atoms with E-state index in [1.54, 1.807) is 43.0 Å². The number of amides is 6. The zero-order valence-electron chi connectivity index (χ0n) is 33.9. The van der Waals surface area contributed by atoms with Crippen LogP contribution in [0.4, 0.5) is 10.5 Å². The summed E-state index contributed by atoms with van der Waals surface area (Å²) in [6.45, 7) is 10.6. The summed E-state index contributed by atoms with van der Waals surface area (Å²) in [4.78, 5) is 78.0. The molecular weight excluding hydrogens is 760 g/mol. The van der Waals surface area contributed by atoms with Gasteiger partial charge in [0.2, 0.25) is 17.7 Å². The van der Waals surface area contributed by atoms with E-state index in [0.29, 0.717) is 78.2 Å². The number of hydrogen-bond acceptors (Lipinski definition) is 14. The molecule has 1 unspecified atom stereocenters. The van der Waals surface area contributed by atoms with Crippen molar-refractivity contribution in [1.82, 2.24) is 25.3 Å². The fourth-order valence-corrected chi connectivity index (χ4v) is 5.35. The number of hydrogen-bond donors (Lipinski definition) is 3. The van der Waals surface area contributed by atoms with Crippen molar-refractivity contribution >= 4 is 41.3 Å². The summed E-state index contributed by atoms with van der Waals surface area (Å²) >= 11 is 0. The monoisotopic (exact) mass is 820 g/mol. The Morgan fingerprint density at radius 3 is 1.69 bits per heavy atom. The van der Waals surface area contributed by atoms with Gasteiger partial charge in [-0.25, -0.2) is 4.79 Å². The lowest BCUT2D eigenvalue weighted by molar-refractivity contribution is -0.137. The SMILES string of the molecule is CC(C)C(NC(=O)CCOCCOCCOCCOCCOCCOCCN1C(=O)C=CC1=O)C(=O)NCC(=O)Nc1ccc(COC(=O)N2CCN(C)CC2)cc1. The van der Waals surface area contributed by atoms with Crippen molar-refractivity contribution in [3.63, 3.8) is 0 Å². The molecule has 3 N–H and O–H groups in total. The van der Waals surface area contributed by atoms with Gasteiger partial charge in [-0.2, -0.15) is 0 Å². The molecule has 1 saturated heterocycles. The smallest absolute Gasteiger partial charge is 0.410 e. The van der Waals surface area contributed by atoms with Gasteiger partial charge in [-0.1, -0.05) is 26.0 Å². The van der Waals surface area contributed by atoms with Crippen molar-refractivity contribution in [3.05, 3.63) is 42.0 Å². The summed E-state index contributed by atoms with van der Waals surface area (Å²) in [6, 6.07) is 6.04. The third-order valence-corrected chi connectivity index (χ3v) is 8.74. The minimum atomic E-state index is -0.834. The van der Waals surface area contributed by atoms with E-state index in [2.05, 4.69) is 20.9 Å². The fraction of sp³-hybridized carbons (Fsp3) is 0.641. The molecule has 0 aromatic heterocycles. The first-order chi connectivity index (χ1) is 28.0. The Balaban J connectivity index is 1.11. The van der Waals surface area contributed by atoms with Gasteiger partial charge in [0.05, 0.1) is 92.4 Å². The molecule has 0 aliphatic carbocycles. The summed E-state index contributed by atoms with van der Waals surface area (Å²) < 4.78 is 38.0. The van der Waals surface area contributed by atoms with Crippen molar-refractivity contribution in [3.8, 4) is 0 Å². The Morgan fingerprint density at radius 1 is 0.672 bits per heavy atom. The van der Waals surface area contributed by atoms with Gasteiger partial charge in [0.15, 0.2) is 0 Å². The van der Waals surface area contributed by atoms with Gasteiger partial charge in [0.1, 0.15) is 12.6 Å². The van der Waals surface area contributed by atoms with Crippen LogP contribution in [-0.2, 0) is 63.7 Å². The highest BCUT2D eigenvalue weighted by atomic mass is 16.6. The molecule has 324 valence electrons. The zero-order valence-corrected chi connectivity index (χ0v) is 33.9. The normalized spacial score (nSPS) is 14.9. The second-order valence-corrected chi connectivity index (χ2v) is 13.7. The zero-order chi connectivity index (χ0) is 42.0. The highest BCUT2D eigenvalue weighted by molar-refractivity contribution is 6.12. The van der Waals surface area contributed by atoms with E-state index in [0.717, 1.165) is 23.6 Å².